The highest BCUT2D eigenvalue weighted by Crippen LogP contribution is 2.38. The van der Waals surface area contributed by atoms with Crippen molar-refractivity contribution in [2.75, 3.05) is 26.3 Å². The molecule has 1 aromatic rings. The maximum atomic E-state index is 13.3. The molecule has 9 heteroatoms. The lowest BCUT2D eigenvalue weighted by Crippen LogP contribution is -2.56. The molecule has 0 radical (unpaired) electrons. The Kier molecular flexibility index (Phi) is 5.81. The van der Waals surface area contributed by atoms with E-state index in [1.807, 2.05) is 0 Å². The number of rotatable bonds is 6. The maximum Gasteiger partial charge on any atom is 0.195 e. The standard InChI is InChI=1S/C15H23N3O5S/c1-11-2-3-13(12(10-11)23-9-8-19)24(21,22)15(14(16)18-20)4-6-17-7-5-15/h2-3,10,17,19-20H,4-9H2,1H3,(H2,16,18). The van der Waals surface area contributed by atoms with Gasteiger partial charge in [-0.25, -0.2) is 8.42 Å². The Bertz CT molecular complexity index is 699. The molecule has 1 fully saturated rings. The monoisotopic (exact) mass is 357 g/mol. The van der Waals surface area contributed by atoms with E-state index in [-0.39, 0.29) is 36.7 Å². The number of benzene rings is 1. The van der Waals surface area contributed by atoms with Crippen molar-refractivity contribution >= 4 is 15.7 Å². The van der Waals surface area contributed by atoms with Gasteiger partial charge in [-0.3, -0.25) is 16.1 Å². The number of hydrogen-bond donors (Lipinski definition) is 5. The van der Waals surface area contributed by atoms with E-state index in [0.29, 0.717) is 13.1 Å². The van der Waals surface area contributed by atoms with Gasteiger partial charge in [0.15, 0.2) is 9.84 Å². The molecule has 0 unspecified atom stereocenters. The maximum absolute atomic E-state index is 13.3. The summed E-state index contributed by atoms with van der Waals surface area (Å²) >= 11 is 0. The van der Waals surface area contributed by atoms with E-state index < -0.39 is 20.4 Å². The van der Waals surface area contributed by atoms with Gasteiger partial charge >= 0.3 is 0 Å². The van der Waals surface area contributed by atoms with Crippen molar-refractivity contribution in [3.05, 3.63) is 23.8 Å². The highest BCUT2D eigenvalue weighted by Gasteiger charge is 2.50. The molecule has 0 spiro atoms. The minimum atomic E-state index is -4.01. The molecular weight excluding hydrogens is 334 g/mol. The summed E-state index contributed by atoms with van der Waals surface area (Å²) in [5.41, 5.74) is 2.54. The van der Waals surface area contributed by atoms with Crippen LogP contribution in [0.15, 0.2) is 23.1 Å². The van der Waals surface area contributed by atoms with Crippen LogP contribution in [0.5, 0.6) is 5.75 Å². The molecule has 5 N–H and O–H groups in total. The third kappa shape index (κ3) is 3.25. The van der Waals surface area contributed by atoms with Crippen LogP contribution in [0.2, 0.25) is 0 Å². The molecule has 1 heterocycles. The second-order valence-corrected chi connectivity index (χ2v) is 7.98. The van der Waals surface area contributed by atoms with Crippen LogP contribution >= 0.6 is 0 Å². The highest BCUT2D eigenvalue weighted by molar-refractivity contribution is 7.93. The zero-order valence-electron chi connectivity index (χ0n) is 13.5. The van der Waals surface area contributed by atoms with Gasteiger partial charge in [0.05, 0.1) is 6.61 Å². The summed E-state index contributed by atoms with van der Waals surface area (Å²) in [6.45, 7) is 2.37. The van der Waals surface area contributed by atoms with E-state index >= 15 is 0 Å². The molecule has 1 aromatic carbocycles. The van der Waals surface area contributed by atoms with Crippen molar-refractivity contribution < 1.29 is 23.5 Å². The first-order valence-corrected chi connectivity index (χ1v) is 9.16. The second kappa shape index (κ2) is 7.47. The Hall–Kier alpha value is -1.68. The van der Waals surface area contributed by atoms with Gasteiger partial charge in [0.2, 0.25) is 0 Å². The molecule has 0 aromatic heterocycles. The first kappa shape index (κ1) is 18.7. The molecule has 0 bridgehead atoms. The third-order valence-corrected chi connectivity index (χ3v) is 6.79. The van der Waals surface area contributed by atoms with Crippen molar-refractivity contribution in [2.45, 2.75) is 29.4 Å². The Balaban J connectivity index is 2.57. The molecule has 1 saturated heterocycles. The summed E-state index contributed by atoms with van der Waals surface area (Å²) in [7, 11) is -4.01. The van der Waals surface area contributed by atoms with E-state index in [2.05, 4.69) is 5.32 Å². The van der Waals surface area contributed by atoms with Crippen LogP contribution in [-0.4, -0.2) is 55.6 Å². The number of aryl methyl sites for hydroxylation is 1. The van der Waals surface area contributed by atoms with Crippen LogP contribution in [0.4, 0.5) is 0 Å². The molecule has 8 nitrogen and oxygen atoms in total. The number of sulfone groups is 1. The Morgan fingerprint density at radius 2 is 2.08 bits per heavy atom. The van der Waals surface area contributed by atoms with Gasteiger partial charge in [-0.05, 0) is 50.6 Å². The fourth-order valence-electron chi connectivity index (χ4n) is 2.90. The number of piperidine rings is 1. The molecule has 0 saturated carbocycles. The lowest BCUT2D eigenvalue weighted by atomic mass is 9.96. The summed E-state index contributed by atoms with van der Waals surface area (Å²) in [6, 6.07) is 4.70. The number of hydroxylamine groups is 1. The molecule has 2 rings (SSSR count). The molecule has 1 aliphatic rings. The van der Waals surface area contributed by atoms with Gasteiger partial charge < -0.3 is 15.2 Å². The Morgan fingerprint density at radius 1 is 1.42 bits per heavy atom. The highest BCUT2D eigenvalue weighted by atomic mass is 32.2. The number of aliphatic hydroxyl groups excluding tert-OH is 1. The fourth-order valence-corrected chi connectivity index (χ4v) is 5.01. The number of hydrogen-bond acceptors (Lipinski definition) is 7. The lowest BCUT2D eigenvalue weighted by Gasteiger charge is -2.36. The number of aliphatic hydroxyl groups is 1. The first-order chi connectivity index (χ1) is 11.4. The van der Waals surface area contributed by atoms with Gasteiger partial charge in [-0.2, -0.15) is 0 Å². The van der Waals surface area contributed by atoms with Crippen molar-refractivity contribution in [3.8, 4) is 5.75 Å². The summed E-state index contributed by atoms with van der Waals surface area (Å²) < 4.78 is 30.5. The van der Waals surface area contributed by atoms with Crippen LogP contribution in [-0.2, 0) is 9.84 Å². The van der Waals surface area contributed by atoms with Gasteiger partial charge in [0.25, 0.3) is 0 Å². The zero-order chi connectivity index (χ0) is 17.8. The van der Waals surface area contributed by atoms with E-state index in [4.69, 9.17) is 15.3 Å². The minimum Gasteiger partial charge on any atom is -0.490 e. The molecule has 24 heavy (non-hydrogen) atoms. The first-order valence-electron chi connectivity index (χ1n) is 7.68. The SMILES string of the molecule is Cc1ccc(S(=O)(=O)C2(C(=N)NO)CCNCC2)c(OCCO)c1. The minimum absolute atomic E-state index is 0.0315. The van der Waals surface area contributed by atoms with Crippen molar-refractivity contribution in [3.63, 3.8) is 0 Å². The van der Waals surface area contributed by atoms with Gasteiger partial charge in [0.1, 0.15) is 27.8 Å². The van der Waals surface area contributed by atoms with Crippen LogP contribution in [0.25, 0.3) is 0 Å². The van der Waals surface area contributed by atoms with E-state index in [9.17, 15) is 13.6 Å². The summed E-state index contributed by atoms with van der Waals surface area (Å²) in [5, 5.41) is 29.2. The molecule has 1 aliphatic heterocycles. The van der Waals surface area contributed by atoms with Crippen molar-refractivity contribution in [1.82, 2.24) is 10.8 Å². The van der Waals surface area contributed by atoms with Gasteiger partial charge in [0, 0.05) is 0 Å². The van der Waals surface area contributed by atoms with Gasteiger partial charge in [-0.15, -0.1) is 0 Å². The van der Waals surface area contributed by atoms with Crippen LogP contribution in [0, 0.1) is 12.3 Å². The van der Waals surface area contributed by atoms with Crippen LogP contribution in [0.3, 0.4) is 0 Å². The zero-order valence-corrected chi connectivity index (χ0v) is 14.3. The predicted octanol–water partition coefficient (Wildman–Crippen LogP) is 0.218. The smallest absolute Gasteiger partial charge is 0.195 e. The third-order valence-electron chi connectivity index (χ3n) is 4.23. The van der Waals surface area contributed by atoms with Crippen LogP contribution in [0.1, 0.15) is 18.4 Å². The average Bonchev–Trinajstić information content (AvgIpc) is 2.59. The number of ether oxygens (including phenoxy) is 1. The van der Waals surface area contributed by atoms with Crippen molar-refractivity contribution in [2.24, 2.45) is 0 Å². The quantitative estimate of drug-likeness (QED) is 0.279. The normalized spacial score (nSPS) is 17.3. The molecule has 134 valence electrons. The lowest BCUT2D eigenvalue weighted by molar-refractivity contribution is 0.198. The summed E-state index contributed by atoms with van der Waals surface area (Å²) in [5.74, 6) is -0.301. The number of nitrogens with one attached hydrogen (secondary N) is 3. The average molecular weight is 357 g/mol. The predicted molar refractivity (Wildman–Crippen MR) is 88.4 cm³/mol. The second-order valence-electron chi connectivity index (χ2n) is 5.76. The molecular formula is C15H23N3O5S. The topological polar surface area (TPSA) is 132 Å². The van der Waals surface area contributed by atoms with E-state index in [1.165, 1.54) is 6.07 Å². The summed E-state index contributed by atoms with van der Waals surface area (Å²) in [4.78, 5) is -0.0385. The largest absolute Gasteiger partial charge is 0.490 e. The number of amidine groups is 1. The molecule has 0 atom stereocenters. The Morgan fingerprint density at radius 3 is 2.67 bits per heavy atom. The molecule has 0 aliphatic carbocycles. The van der Waals surface area contributed by atoms with Crippen molar-refractivity contribution in [1.29, 1.82) is 5.41 Å². The van der Waals surface area contributed by atoms with Crippen LogP contribution < -0.4 is 15.5 Å². The van der Waals surface area contributed by atoms with Gasteiger partial charge in [-0.1, -0.05) is 6.07 Å². The summed E-state index contributed by atoms with van der Waals surface area (Å²) in [6.07, 6.45) is 0.323. The van der Waals surface area contributed by atoms with E-state index in [1.54, 1.807) is 24.5 Å². The molecule has 0 amide bonds. The Labute approximate surface area is 141 Å². The van der Waals surface area contributed by atoms with E-state index in [0.717, 1.165) is 5.56 Å². The fraction of sp³-hybridized carbons (Fsp3) is 0.533.